The van der Waals surface area contributed by atoms with Crippen LogP contribution in [0.5, 0.6) is 0 Å². The highest BCUT2D eigenvalue weighted by Gasteiger charge is 2.19. The maximum Gasteiger partial charge on any atom is 0.127 e. The van der Waals surface area contributed by atoms with E-state index in [4.69, 9.17) is 5.73 Å². The molecule has 1 atom stereocenters. The summed E-state index contributed by atoms with van der Waals surface area (Å²) in [6.45, 7) is 0.945. The number of hydrogen-bond donors (Lipinski definition) is 1. The van der Waals surface area contributed by atoms with Gasteiger partial charge in [0.15, 0.2) is 0 Å². The van der Waals surface area contributed by atoms with E-state index in [1.807, 2.05) is 6.07 Å². The van der Waals surface area contributed by atoms with Crippen molar-refractivity contribution in [1.82, 2.24) is 4.90 Å². The predicted molar refractivity (Wildman–Crippen MR) is 77.4 cm³/mol. The van der Waals surface area contributed by atoms with Gasteiger partial charge in [-0.25, -0.2) is 4.39 Å². The van der Waals surface area contributed by atoms with Gasteiger partial charge in [0.2, 0.25) is 0 Å². The van der Waals surface area contributed by atoms with Crippen LogP contribution >= 0.6 is 0 Å². The number of halogens is 1. The molecular formula is C16H25FN2. The Balaban J connectivity index is 1.82. The van der Waals surface area contributed by atoms with E-state index >= 15 is 0 Å². The highest BCUT2D eigenvalue weighted by molar-refractivity contribution is 5.20. The lowest BCUT2D eigenvalue weighted by Gasteiger charge is -2.31. The zero-order valence-electron chi connectivity index (χ0n) is 11.8. The summed E-state index contributed by atoms with van der Waals surface area (Å²) in [6.07, 6.45) is 7.46. The van der Waals surface area contributed by atoms with Gasteiger partial charge in [-0.1, -0.05) is 37.5 Å². The zero-order chi connectivity index (χ0) is 13.7. The van der Waals surface area contributed by atoms with E-state index in [-0.39, 0.29) is 11.9 Å². The van der Waals surface area contributed by atoms with E-state index in [0.29, 0.717) is 11.6 Å². The summed E-state index contributed by atoms with van der Waals surface area (Å²) in [7, 11) is 2.17. The predicted octanol–water partition coefficient (Wildman–Crippen LogP) is 3.48. The van der Waals surface area contributed by atoms with E-state index in [1.54, 1.807) is 12.1 Å². The first-order valence-corrected chi connectivity index (χ1v) is 7.38. The first kappa shape index (κ1) is 14.5. The Hall–Kier alpha value is -0.930. The van der Waals surface area contributed by atoms with Crippen molar-refractivity contribution in [1.29, 1.82) is 0 Å². The number of hydrogen-bond acceptors (Lipinski definition) is 2. The maximum atomic E-state index is 13.6. The molecule has 0 amide bonds. The molecule has 1 aliphatic carbocycles. The molecule has 1 unspecified atom stereocenters. The monoisotopic (exact) mass is 264 g/mol. The Morgan fingerprint density at radius 3 is 2.63 bits per heavy atom. The summed E-state index contributed by atoms with van der Waals surface area (Å²) in [4.78, 5) is 2.40. The van der Waals surface area contributed by atoms with Crippen molar-refractivity contribution in [3.8, 4) is 0 Å². The summed E-state index contributed by atoms with van der Waals surface area (Å²) in [5.41, 5.74) is 6.75. The minimum atomic E-state index is -0.202. The van der Waals surface area contributed by atoms with Crippen LogP contribution < -0.4 is 5.73 Å². The normalized spacial score (nSPS) is 18.7. The molecule has 3 heteroatoms. The summed E-state index contributed by atoms with van der Waals surface area (Å²) in [5.74, 6) is -0.185. The smallest absolute Gasteiger partial charge is 0.127 e. The van der Waals surface area contributed by atoms with Crippen LogP contribution in [0.2, 0.25) is 0 Å². The molecule has 0 saturated heterocycles. The Bertz CT molecular complexity index is 388. The van der Waals surface area contributed by atoms with Crippen LogP contribution in [0.3, 0.4) is 0 Å². The molecule has 1 aromatic rings. The van der Waals surface area contributed by atoms with Crippen molar-refractivity contribution in [3.63, 3.8) is 0 Å². The Morgan fingerprint density at radius 2 is 1.95 bits per heavy atom. The van der Waals surface area contributed by atoms with E-state index in [9.17, 15) is 4.39 Å². The first-order chi connectivity index (χ1) is 9.18. The topological polar surface area (TPSA) is 29.3 Å². The summed E-state index contributed by atoms with van der Waals surface area (Å²) >= 11 is 0. The molecule has 0 aliphatic heterocycles. The maximum absolute atomic E-state index is 13.6. The largest absolute Gasteiger partial charge is 0.324 e. The van der Waals surface area contributed by atoms with Crippen LogP contribution in [0.1, 0.15) is 50.1 Å². The quantitative estimate of drug-likeness (QED) is 0.882. The average Bonchev–Trinajstić information content (AvgIpc) is 2.46. The Morgan fingerprint density at radius 1 is 1.26 bits per heavy atom. The fourth-order valence-corrected chi connectivity index (χ4v) is 2.98. The summed E-state index contributed by atoms with van der Waals surface area (Å²) in [5, 5.41) is 0. The van der Waals surface area contributed by atoms with E-state index in [0.717, 1.165) is 13.0 Å². The minimum Gasteiger partial charge on any atom is -0.324 e. The molecule has 1 aliphatic rings. The molecule has 0 heterocycles. The molecule has 0 bridgehead atoms. The van der Waals surface area contributed by atoms with Gasteiger partial charge in [0.05, 0.1) is 0 Å². The lowest BCUT2D eigenvalue weighted by molar-refractivity contribution is 0.186. The molecule has 0 spiro atoms. The lowest BCUT2D eigenvalue weighted by Crippen LogP contribution is -2.35. The molecule has 0 aromatic heterocycles. The van der Waals surface area contributed by atoms with Crippen molar-refractivity contribution < 1.29 is 4.39 Å². The van der Waals surface area contributed by atoms with Gasteiger partial charge in [-0.15, -0.1) is 0 Å². The first-order valence-electron chi connectivity index (χ1n) is 7.38. The third-order valence-electron chi connectivity index (χ3n) is 4.30. The highest BCUT2D eigenvalue weighted by Crippen LogP contribution is 2.23. The van der Waals surface area contributed by atoms with Crippen molar-refractivity contribution >= 4 is 0 Å². The van der Waals surface area contributed by atoms with E-state index < -0.39 is 0 Å². The van der Waals surface area contributed by atoms with Gasteiger partial charge in [0.25, 0.3) is 0 Å². The molecule has 2 rings (SSSR count). The molecule has 1 saturated carbocycles. The third kappa shape index (κ3) is 4.02. The summed E-state index contributed by atoms with van der Waals surface area (Å²) < 4.78 is 13.6. The average molecular weight is 264 g/mol. The minimum absolute atomic E-state index is 0.185. The van der Waals surface area contributed by atoms with Crippen LogP contribution in [0, 0.1) is 5.82 Å². The van der Waals surface area contributed by atoms with Gasteiger partial charge in [0.1, 0.15) is 5.82 Å². The molecule has 1 fully saturated rings. The van der Waals surface area contributed by atoms with Gasteiger partial charge in [-0.05, 0) is 38.9 Å². The van der Waals surface area contributed by atoms with E-state index in [2.05, 4.69) is 11.9 Å². The van der Waals surface area contributed by atoms with Gasteiger partial charge in [-0.3, -0.25) is 0 Å². The SMILES string of the molecule is CN(CCC(N)c1ccccc1F)C1CCCCC1. The standard InChI is InChI=1S/C16H25FN2/c1-19(13-7-3-2-4-8-13)12-11-16(18)14-9-5-6-10-15(14)17/h5-6,9-10,13,16H,2-4,7-8,11-12,18H2,1H3. The zero-order valence-corrected chi connectivity index (χ0v) is 11.8. The van der Waals surface area contributed by atoms with Crippen molar-refractivity contribution in [2.24, 2.45) is 5.73 Å². The summed E-state index contributed by atoms with van der Waals surface area (Å²) in [6, 6.07) is 7.33. The van der Waals surface area contributed by atoms with Gasteiger partial charge in [0, 0.05) is 17.6 Å². The van der Waals surface area contributed by atoms with Gasteiger partial charge < -0.3 is 10.6 Å². The second kappa shape index (κ2) is 7.01. The van der Waals surface area contributed by atoms with Crippen LogP contribution in [0.25, 0.3) is 0 Å². The van der Waals surface area contributed by atoms with Crippen LogP contribution in [-0.2, 0) is 0 Å². The Kier molecular flexibility index (Phi) is 5.34. The Labute approximate surface area is 115 Å². The molecular weight excluding hydrogens is 239 g/mol. The fourth-order valence-electron chi connectivity index (χ4n) is 2.98. The number of nitrogens with two attached hydrogens (primary N) is 1. The molecule has 106 valence electrons. The van der Waals surface area contributed by atoms with Crippen LogP contribution in [-0.4, -0.2) is 24.5 Å². The van der Waals surface area contributed by atoms with Crippen molar-refractivity contribution in [3.05, 3.63) is 35.6 Å². The molecule has 2 N–H and O–H groups in total. The van der Waals surface area contributed by atoms with Crippen molar-refractivity contribution in [2.45, 2.75) is 50.6 Å². The molecule has 19 heavy (non-hydrogen) atoms. The number of nitrogens with zero attached hydrogens (tertiary/aromatic N) is 1. The van der Waals surface area contributed by atoms with Crippen LogP contribution in [0.15, 0.2) is 24.3 Å². The fraction of sp³-hybridized carbons (Fsp3) is 0.625. The van der Waals surface area contributed by atoms with Crippen molar-refractivity contribution in [2.75, 3.05) is 13.6 Å². The second-order valence-corrected chi connectivity index (χ2v) is 5.69. The lowest BCUT2D eigenvalue weighted by atomic mass is 9.94. The van der Waals surface area contributed by atoms with Gasteiger partial charge >= 0.3 is 0 Å². The molecule has 0 radical (unpaired) electrons. The molecule has 2 nitrogen and oxygen atoms in total. The number of rotatable bonds is 5. The highest BCUT2D eigenvalue weighted by atomic mass is 19.1. The van der Waals surface area contributed by atoms with E-state index in [1.165, 1.54) is 38.2 Å². The van der Waals surface area contributed by atoms with Gasteiger partial charge in [-0.2, -0.15) is 0 Å². The van der Waals surface area contributed by atoms with Crippen LogP contribution in [0.4, 0.5) is 4.39 Å². The second-order valence-electron chi connectivity index (χ2n) is 5.69. The molecule has 1 aromatic carbocycles. The third-order valence-corrected chi connectivity index (χ3v) is 4.30. The number of benzene rings is 1.